The highest BCUT2D eigenvalue weighted by molar-refractivity contribution is 4.96. The molecule has 3 rings (SSSR count). The first-order valence-electron chi connectivity index (χ1n) is 5.96. The molecule has 1 aromatic rings. The molecule has 0 aromatic carbocycles. The van der Waals surface area contributed by atoms with Gasteiger partial charge in [-0.05, 0) is 38.0 Å². The largest absolute Gasteiger partial charge is 0.445 e. The molecule has 3 unspecified atom stereocenters. The number of hydrogen-bond donors (Lipinski definition) is 1. The molecule has 0 spiro atoms. The third-order valence-corrected chi connectivity index (χ3v) is 3.92. The van der Waals surface area contributed by atoms with Crippen molar-refractivity contribution in [1.29, 1.82) is 0 Å². The minimum Gasteiger partial charge on any atom is -0.445 e. The monoisotopic (exact) mass is 206 g/mol. The maximum atomic E-state index is 5.45. The van der Waals surface area contributed by atoms with Crippen LogP contribution in [0.25, 0.3) is 0 Å². The van der Waals surface area contributed by atoms with Crippen molar-refractivity contribution in [3.63, 3.8) is 0 Å². The lowest BCUT2D eigenvalue weighted by Gasteiger charge is -2.22. The van der Waals surface area contributed by atoms with Crippen LogP contribution in [-0.2, 0) is 6.54 Å². The molecule has 1 aromatic heterocycles. The average molecular weight is 206 g/mol. The Hall–Kier alpha value is -0.830. The molecule has 0 aliphatic heterocycles. The maximum Gasteiger partial charge on any atom is 0.208 e. The van der Waals surface area contributed by atoms with Crippen molar-refractivity contribution in [3.05, 3.63) is 17.8 Å². The van der Waals surface area contributed by atoms with Gasteiger partial charge in [0.1, 0.15) is 5.76 Å². The molecular formula is C12H18N2O. The van der Waals surface area contributed by atoms with Gasteiger partial charge in [0.2, 0.25) is 5.89 Å². The maximum absolute atomic E-state index is 5.45. The van der Waals surface area contributed by atoms with Gasteiger partial charge in [0.15, 0.2) is 0 Å². The average Bonchev–Trinajstić information content (AvgIpc) is 2.90. The second-order valence-corrected chi connectivity index (χ2v) is 5.03. The molecule has 3 atom stereocenters. The third-order valence-electron chi connectivity index (χ3n) is 3.92. The van der Waals surface area contributed by atoms with E-state index in [1.807, 2.05) is 6.92 Å². The summed E-state index contributed by atoms with van der Waals surface area (Å²) >= 11 is 0. The minimum absolute atomic E-state index is 0.718. The Morgan fingerprint density at radius 3 is 3.00 bits per heavy atom. The summed E-state index contributed by atoms with van der Waals surface area (Å²) in [5, 5.41) is 3.59. The zero-order valence-electron chi connectivity index (χ0n) is 9.20. The second-order valence-electron chi connectivity index (χ2n) is 5.03. The molecule has 2 saturated carbocycles. The number of aromatic nitrogens is 1. The Balaban J connectivity index is 1.54. The van der Waals surface area contributed by atoms with Crippen LogP contribution in [0.2, 0.25) is 0 Å². The summed E-state index contributed by atoms with van der Waals surface area (Å²) in [7, 11) is 0. The molecule has 15 heavy (non-hydrogen) atoms. The zero-order valence-corrected chi connectivity index (χ0v) is 9.20. The number of hydrogen-bond acceptors (Lipinski definition) is 3. The molecule has 3 nitrogen and oxygen atoms in total. The van der Waals surface area contributed by atoms with Crippen LogP contribution in [0.3, 0.4) is 0 Å². The van der Waals surface area contributed by atoms with E-state index in [9.17, 15) is 0 Å². The molecule has 1 N–H and O–H groups in total. The van der Waals surface area contributed by atoms with Gasteiger partial charge < -0.3 is 9.73 Å². The van der Waals surface area contributed by atoms with Crippen LogP contribution in [0.15, 0.2) is 10.6 Å². The number of nitrogens with zero attached hydrogens (tertiary/aromatic N) is 1. The van der Waals surface area contributed by atoms with Crippen molar-refractivity contribution in [1.82, 2.24) is 10.3 Å². The van der Waals surface area contributed by atoms with Crippen LogP contribution in [0.1, 0.15) is 37.3 Å². The molecule has 2 aliphatic rings. The van der Waals surface area contributed by atoms with Gasteiger partial charge in [0.25, 0.3) is 0 Å². The van der Waals surface area contributed by atoms with Gasteiger partial charge >= 0.3 is 0 Å². The molecule has 0 radical (unpaired) electrons. The molecule has 2 aliphatic carbocycles. The summed E-state index contributed by atoms with van der Waals surface area (Å²) in [4.78, 5) is 4.21. The van der Waals surface area contributed by atoms with Gasteiger partial charge in [-0.3, -0.25) is 0 Å². The summed E-state index contributed by atoms with van der Waals surface area (Å²) in [6.45, 7) is 2.73. The number of nitrogens with one attached hydrogen (secondary N) is 1. The molecule has 82 valence electrons. The Labute approximate surface area is 90.3 Å². The number of oxazole rings is 1. The summed E-state index contributed by atoms with van der Waals surface area (Å²) < 4.78 is 5.45. The topological polar surface area (TPSA) is 38.1 Å². The third kappa shape index (κ3) is 1.81. The van der Waals surface area contributed by atoms with E-state index in [2.05, 4.69) is 10.3 Å². The standard InChI is InChI=1S/C12H18N2O/c1-8-6-14-12(15-8)7-13-11-5-9-2-3-10(11)4-9/h6,9-11,13H,2-5,7H2,1H3. The highest BCUT2D eigenvalue weighted by Crippen LogP contribution is 2.44. The lowest BCUT2D eigenvalue weighted by atomic mass is 9.95. The summed E-state index contributed by atoms with van der Waals surface area (Å²) in [5.41, 5.74) is 0. The summed E-state index contributed by atoms with van der Waals surface area (Å²) in [5.74, 6) is 3.65. The van der Waals surface area contributed by atoms with Crippen LogP contribution in [0.4, 0.5) is 0 Å². The molecule has 2 fully saturated rings. The van der Waals surface area contributed by atoms with E-state index in [1.54, 1.807) is 6.20 Å². The van der Waals surface area contributed by atoms with E-state index in [1.165, 1.54) is 25.7 Å². The van der Waals surface area contributed by atoms with Gasteiger partial charge in [-0.1, -0.05) is 6.42 Å². The number of aryl methyl sites for hydroxylation is 1. The van der Waals surface area contributed by atoms with E-state index >= 15 is 0 Å². The molecule has 2 bridgehead atoms. The quantitative estimate of drug-likeness (QED) is 0.824. The molecule has 3 heteroatoms. The van der Waals surface area contributed by atoms with Crippen LogP contribution in [0.5, 0.6) is 0 Å². The highest BCUT2D eigenvalue weighted by atomic mass is 16.4. The van der Waals surface area contributed by atoms with Gasteiger partial charge in [0.05, 0.1) is 12.7 Å². The molecule has 0 amide bonds. The van der Waals surface area contributed by atoms with Gasteiger partial charge in [-0.2, -0.15) is 0 Å². The van der Waals surface area contributed by atoms with E-state index in [0.717, 1.165) is 36.1 Å². The number of fused-ring (bicyclic) bond motifs is 2. The molecular weight excluding hydrogens is 188 g/mol. The SMILES string of the molecule is Cc1cnc(CNC2CC3CCC2C3)o1. The van der Waals surface area contributed by atoms with Crippen LogP contribution in [0, 0.1) is 18.8 Å². The normalized spacial score (nSPS) is 33.8. The molecule has 1 heterocycles. The van der Waals surface area contributed by atoms with Crippen molar-refractivity contribution in [2.75, 3.05) is 0 Å². The van der Waals surface area contributed by atoms with Crippen molar-refractivity contribution in [2.45, 2.75) is 45.2 Å². The number of rotatable bonds is 3. The first kappa shape index (κ1) is 9.40. The Kier molecular flexibility index (Phi) is 2.28. The fourth-order valence-electron chi connectivity index (χ4n) is 3.20. The lowest BCUT2D eigenvalue weighted by molar-refractivity contribution is 0.332. The Morgan fingerprint density at radius 2 is 2.40 bits per heavy atom. The predicted molar refractivity (Wildman–Crippen MR) is 57.3 cm³/mol. The fourth-order valence-corrected chi connectivity index (χ4v) is 3.20. The van der Waals surface area contributed by atoms with Crippen molar-refractivity contribution < 1.29 is 4.42 Å². The first-order valence-corrected chi connectivity index (χ1v) is 5.96. The van der Waals surface area contributed by atoms with Crippen LogP contribution >= 0.6 is 0 Å². The van der Waals surface area contributed by atoms with E-state index in [-0.39, 0.29) is 0 Å². The van der Waals surface area contributed by atoms with Crippen LogP contribution < -0.4 is 5.32 Å². The fraction of sp³-hybridized carbons (Fsp3) is 0.750. The highest BCUT2D eigenvalue weighted by Gasteiger charge is 2.39. The van der Waals surface area contributed by atoms with Gasteiger partial charge in [-0.15, -0.1) is 0 Å². The summed E-state index contributed by atoms with van der Waals surface area (Å²) in [6.07, 6.45) is 7.48. The Morgan fingerprint density at radius 1 is 1.47 bits per heavy atom. The minimum atomic E-state index is 0.718. The van der Waals surface area contributed by atoms with E-state index < -0.39 is 0 Å². The smallest absolute Gasteiger partial charge is 0.208 e. The Bertz CT molecular complexity index is 347. The van der Waals surface area contributed by atoms with Gasteiger partial charge in [-0.25, -0.2) is 4.98 Å². The van der Waals surface area contributed by atoms with Crippen molar-refractivity contribution in [2.24, 2.45) is 11.8 Å². The second kappa shape index (κ2) is 3.63. The van der Waals surface area contributed by atoms with E-state index in [0.29, 0.717) is 0 Å². The van der Waals surface area contributed by atoms with Gasteiger partial charge in [0, 0.05) is 6.04 Å². The summed E-state index contributed by atoms with van der Waals surface area (Å²) in [6, 6.07) is 0.718. The predicted octanol–water partition coefficient (Wildman–Crippen LogP) is 2.26. The first-order chi connectivity index (χ1) is 7.31. The van der Waals surface area contributed by atoms with Crippen LogP contribution in [-0.4, -0.2) is 11.0 Å². The van der Waals surface area contributed by atoms with Crippen molar-refractivity contribution >= 4 is 0 Å². The van der Waals surface area contributed by atoms with Crippen molar-refractivity contribution in [3.8, 4) is 0 Å². The van der Waals surface area contributed by atoms with E-state index in [4.69, 9.17) is 4.42 Å². The zero-order chi connectivity index (χ0) is 10.3. The lowest BCUT2D eigenvalue weighted by Crippen LogP contribution is -2.33. The molecule has 0 saturated heterocycles.